The van der Waals surface area contributed by atoms with Crippen molar-refractivity contribution in [2.45, 2.75) is 65.8 Å². The molecule has 0 aliphatic carbocycles. The zero-order valence-corrected chi connectivity index (χ0v) is 12.6. The van der Waals surface area contributed by atoms with E-state index in [4.69, 9.17) is 4.74 Å². The molecule has 0 aromatic heterocycles. The number of carbonyl (C=O) groups is 1. The minimum atomic E-state index is -0.286. The Morgan fingerprint density at radius 2 is 2.00 bits per heavy atom. The van der Waals surface area contributed by atoms with Crippen LogP contribution < -0.4 is 5.32 Å². The van der Waals surface area contributed by atoms with Gasteiger partial charge in [0.2, 0.25) is 5.91 Å². The van der Waals surface area contributed by atoms with Crippen LogP contribution in [0, 0.1) is 5.92 Å². The first-order chi connectivity index (χ1) is 8.32. The van der Waals surface area contributed by atoms with Gasteiger partial charge in [0.1, 0.15) is 0 Å². The van der Waals surface area contributed by atoms with Crippen molar-refractivity contribution in [2.75, 3.05) is 13.2 Å². The standard InChI is InChI=1S/C14H28N2O2/c1-7-11-15-12(10(3)4)13(17)16(11)9-14(5,6)18-8-2/h10-12,15H,7-9H2,1-6H3. The molecular formula is C14H28N2O2. The number of carbonyl (C=O) groups excluding carboxylic acids is 1. The van der Waals surface area contributed by atoms with E-state index in [1.54, 1.807) is 0 Å². The SMILES string of the molecule is CCOC(C)(C)CN1C(=O)C(C(C)C)NC1CC. The molecule has 0 bridgehead atoms. The van der Waals surface area contributed by atoms with Gasteiger partial charge in [-0.25, -0.2) is 0 Å². The summed E-state index contributed by atoms with van der Waals surface area (Å²) < 4.78 is 5.71. The molecule has 2 atom stereocenters. The van der Waals surface area contributed by atoms with Crippen molar-refractivity contribution in [1.82, 2.24) is 10.2 Å². The van der Waals surface area contributed by atoms with Crippen LogP contribution in [0.4, 0.5) is 0 Å². The summed E-state index contributed by atoms with van der Waals surface area (Å²) in [5.74, 6) is 0.538. The van der Waals surface area contributed by atoms with E-state index in [0.29, 0.717) is 19.1 Å². The molecule has 18 heavy (non-hydrogen) atoms. The Hall–Kier alpha value is -0.610. The monoisotopic (exact) mass is 256 g/mol. The average Bonchev–Trinajstić information content (AvgIpc) is 2.55. The Morgan fingerprint density at radius 1 is 1.39 bits per heavy atom. The van der Waals surface area contributed by atoms with Gasteiger partial charge in [-0.05, 0) is 33.1 Å². The lowest BCUT2D eigenvalue weighted by molar-refractivity contribution is -0.135. The Bertz CT molecular complexity index is 290. The highest BCUT2D eigenvalue weighted by Crippen LogP contribution is 2.22. The van der Waals surface area contributed by atoms with E-state index >= 15 is 0 Å². The number of rotatable bonds is 6. The highest BCUT2D eigenvalue weighted by molar-refractivity contribution is 5.84. The molecule has 1 aliphatic heterocycles. The van der Waals surface area contributed by atoms with Crippen LogP contribution in [0.5, 0.6) is 0 Å². The number of nitrogens with zero attached hydrogens (tertiary/aromatic N) is 1. The molecular weight excluding hydrogens is 228 g/mol. The zero-order chi connectivity index (χ0) is 13.9. The Kier molecular flexibility index (Phi) is 5.17. The minimum Gasteiger partial charge on any atom is -0.374 e. The quantitative estimate of drug-likeness (QED) is 0.790. The molecule has 4 nitrogen and oxygen atoms in total. The molecule has 2 unspecified atom stereocenters. The fraction of sp³-hybridized carbons (Fsp3) is 0.929. The van der Waals surface area contributed by atoms with Crippen LogP contribution in [-0.4, -0.2) is 41.8 Å². The topological polar surface area (TPSA) is 41.6 Å². The minimum absolute atomic E-state index is 0.0487. The number of amides is 1. The van der Waals surface area contributed by atoms with Gasteiger partial charge < -0.3 is 9.64 Å². The zero-order valence-electron chi connectivity index (χ0n) is 12.6. The molecule has 1 fully saturated rings. The van der Waals surface area contributed by atoms with Crippen LogP contribution in [-0.2, 0) is 9.53 Å². The first kappa shape index (κ1) is 15.4. The van der Waals surface area contributed by atoms with E-state index < -0.39 is 0 Å². The molecule has 1 amide bonds. The number of ether oxygens (including phenoxy) is 1. The lowest BCUT2D eigenvalue weighted by Gasteiger charge is -2.33. The summed E-state index contributed by atoms with van der Waals surface area (Å²) in [6.45, 7) is 13.7. The third kappa shape index (κ3) is 3.45. The van der Waals surface area contributed by atoms with Crippen molar-refractivity contribution in [1.29, 1.82) is 0 Å². The molecule has 0 radical (unpaired) electrons. The van der Waals surface area contributed by atoms with Crippen LogP contribution >= 0.6 is 0 Å². The molecule has 0 aromatic rings. The van der Waals surface area contributed by atoms with Crippen LogP contribution in [0.1, 0.15) is 48.0 Å². The second-order valence-corrected chi connectivity index (χ2v) is 5.97. The van der Waals surface area contributed by atoms with Crippen molar-refractivity contribution in [2.24, 2.45) is 5.92 Å². The van der Waals surface area contributed by atoms with E-state index in [2.05, 4.69) is 26.1 Å². The second-order valence-electron chi connectivity index (χ2n) is 5.97. The van der Waals surface area contributed by atoms with Crippen molar-refractivity contribution in [3.8, 4) is 0 Å². The summed E-state index contributed by atoms with van der Waals surface area (Å²) in [5, 5.41) is 3.43. The van der Waals surface area contributed by atoms with Crippen molar-refractivity contribution in [3.63, 3.8) is 0 Å². The summed E-state index contributed by atoms with van der Waals surface area (Å²) in [4.78, 5) is 14.4. The molecule has 1 rings (SSSR count). The molecule has 106 valence electrons. The van der Waals surface area contributed by atoms with E-state index in [9.17, 15) is 4.79 Å². The summed E-state index contributed by atoms with van der Waals surface area (Å²) in [7, 11) is 0. The van der Waals surface area contributed by atoms with Gasteiger partial charge in [0.15, 0.2) is 0 Å². The Morgan fingerprint density at radius 3 is 2.44 bits per heavy atom. The van der Waals surface area contributed by atoms with Gasteiger partial charge in [0.25, 0.3) is 0 Å². The van der Waals surface area contributed by atoms with Crippen LogP contribution in [0.2, 0.25) is 0 Å². The molecule has 0 aromatic carbocycles. The highest BCUT2D eigenvalue weighted by Gasteiger charge is 2.41. The fourth-order valence-corrected chi connectivity index (χ4v) is 2.55. The lowest BCUT2D eigenvalue weighted by Crippen LogP contribution is -2.46. The molecule has 1 N–H and O–H groups in total. The van der Waals surface area contributed by atoms with Gasteiger partial charge in [-0.2, -0.15) is 0 Å². The van der Waals surface area contributed by atoms with E-state index in [1.165, 1.54) is 0 Å². The molecule has 1 aliphatic rings. The van der Waals surface area contributed by atoms with E-state index in [-0.39, 0.29) is 23.7 Å². The largest absolute Gasteiger partial charge is 0.374 e. The second kappa shape index (κ2) is 6.02. The first-order valence-corrected chi connectivity index (χ1v) is 7.03. The van der Waals surface area contributed by atoms with Crippen molar-refractivity contribution < 1.29 is 9.53 Å². The van der Waals surface area contributed by atoms with Crippen molar-refractivity contribution >= 4 is 5.91 Å². The molecule has 1 heterocycles. The van der Waals surface area contributed by atoms with Gasteiger partial charge in [0, 0.05) is 6.61 Å². The maximum Gasteiger partial charge on any atom is 0.241 e. The highest BCUT2D eigenvalue weighted by atomic mass is 16.5. The molecule has 4 heteroatoms. The summed E-state index contributed by atoms with van der Waals surface area (Å²) in [5.41, 5.74) is -0.286. The summed E-state index contributed by atoms with van der Waals surface area (Å²) in [6.07, 6.45) is 1.07. The normalized spacial score (nSPS) is 25.3. The number of hydrogen-bond donors (Lipinski definition) is 1. The average molecular weight is 256 g/mol. The third-order valence-corrected chi connectivity index (χ3v) is 3.44. The van der Waals surface area contributed by atoms with Crippen molar-refractivity contribution in [3.05, 3.63) is 0 Å². The third-order valence-electron chi connectivity index (χ3n) is 3.44. The molecule has 1 saturated heterocycles. The van der Waals surface area contributed by atoms with Crippen LogP contribution in [0.25, 0.3) is 0 Å². The molecule has 0 spiro atoms. The smallest absolute Gasteiger partial charge is 0.241 e. The fourth-order valence-electron chi connectivity index (χ4n) is 2.55. The van der Waals surface area contributed by atoms with Gasteiger partial charge in [-0.15, -0.1) is 0 Å². The predicted octanol–water partition coefficient (Wildman–Crippen LogP) is 1.99. The van der Waals surface area contributed by atoms with E-state index in [0.717, 1.165) is 6.42 Å². The van der Waals surface area contributed by atoms with Gasteiger partial charge >= 0.3 is 0 Å². The number of hydrogen-bond acceptors (Lipinski definition) is 3. The first-order valence-electron chi connectivity index (χ1n) is 7.03. The summed E-state index contributed by atoms with van der Waals surface area (Å²) in [6, 6.07) is -0.0487. The summed E-state index contributed by atoms with van der Waals surface area (Å²) >= 11 is 0. The van der Waals surface area contributed by atoms with Crippen LogP contribution in [0.15, 0.2) is 0 Å². The van der Waals surface area contributed by atoms with Gasteiger partial charge in [-0.3, -0.25) is 10.1 Å². The maximum absolute atomic E-state index is 12.4. The maximum atomic E-state index is 12.4. The number of nitrogens with one attached hydrogen (secondary N) is 1. The van der Waals surface area contributed by atoms with Crippen LogP contribution in [0.3, 0.4) is 0 Å². The lowest BCUT2D eigenvalue weighted by atomic mass is 10.0. The molecule has 0 saturated carbocycles. The van der Waals surface area contributed by atoms with E-state index in [1.807, 2.05) is 25.7 Å². The van der Waals surface area contributed by atoms with Gasteiger partial charge in [0.05, 0.1) is 24.4 Å². The predicted molar refractivity (Wildman–Crippen MR) is 73.3 cm³/mol. The Labute approximate surface area is 111 Å². The van der Waals surface area contributed by atoms with Gasteiger partial charge in [-0.1, -0.05) is 20.8 Å². The Balaban J connectivity index is 2.76.